The average molecular weight is 460 g/mol. The summed E-state index contributed by atoms with van der Waals surface area (Å²) in [5.74, 6) is -1.60. The second-order valence-corrected chi connectivity index (χ2v) is 8.49. The predicted molar refractivity (Wildman–Crippen MR) is 127 cm³/mol. The second-order valence-electron chi connectivity index (χ2n) is 8.49. The Morgan fingerprint density at radius 2 is 1.03 bits per heavy atom. The number of carbonyl (C=O) groups is 3. The molecule has 0 spiro atoms. The van der Waals surface area contributed by atoms with Crippen LogP contribution in [-0.2, 0) is 27.2 Å². The number of fused-ring (bicyclic) bond motifs is 2. The molecule has 0 bridgehead atoms. The second kappa shape index (κ2) is 9.03. The van der Waals surface area contributed by atoms with Gasteiger partial charge in [0.25, 0.3) is 0 Å². The highest BCUT2D eigenvalue weighted by Gasteiger charge is 2.34. The van der Waals surface area contributed by atoms with Crippen LogP contribution in [-0.4, -0.2) is 57.5 Å². The van der Waals surface area contributed by atoms with Gasteiger partial charge in [-0.15, -0.1) is 0 Å². The van der Waals surface area contributed by atoms with Gasteiger partial charge in [0.05, 0.1) is 6.61 Å². The number of para-hydroxylation sites is 2. The molecule has 0 aliphatic carbocycles. The van der Waals surface area contributed by atoms with Gasteiger partial charge in [0.15, 0.2) is 0 Å². The Kier molecular flexibility index (Phi) is 5.77. The van der Waals surface area contributed by atoms with Gasteiger partial charge >= 0.3 is 0 Å². The van der Waals surface area contributed by atoms with E-state index in [0.717, 1.165) is 32.9 Å². The maximum atomic E-state index is 13.3. The van der Waals surface area contributed by atoms with Crippen molar-refractivity contribution >= 4 is 39.5 Å². The normalized spacial score (nSPS) is 21.4. The number of hydrogen-bond donors (Lipinski definition) is 6. The van der Waals surface area contributed by atoms with Crippen molar-refractivity contribution < 1.29 is 19.5 Å². The van der Waals surface area contributed by atoms with E-state index < -0.39 is 42.5 Å². The van der Waals surface area contributed by atoms with E-state index >= 15 is 0 Å². The molecule has 0 radical (unpaired) electrons. The van der Waals surface area contributed by atoms with Crippen LogP contribution in [0.4, 0.5) is 0 Å². The molecule has 34 heavy (non-hydrogen) atoms. The Hall–Kier alpha value is -4.11. The number of hydrogen-bond acceptors (Lipinski definition) is 4. The van der Waals surface area contributed by atoms with E-state index in [-0.39, 0.29) is 12.8 Å². The number of amides is 3. The first-order valence-corrected chi connectivity index (χ1v) is 11.2. The van der Waals surface area contributed by atoms with Gasteiger partial charge in [-0.3, -0.25) is 14.4 Å². The number of aromatic nitrogens is 2. The van der Waals surface area contributed by atoms with Crippen molar-refractivity contribution in [2.45, 2.75) is 31.0 Å². The van der Waals surface area contributed by atoms with E-state index in [2.05, 4.69) is 25.9 Å². The van der Waals surface area contributed by atoms with Crippen molar-refractivity contribution in [1.29, 1.82) is 0 Å². The maximum Gasteiger partial charge on any atom is 0.245 e. The van der Waals surface area contributed by atoms with E-state index in [4.69, 9.17) is 0 Å². The summed E-state index contributed by atoms with van der Waals surface area (Å²) in [6.07, 6.45) is 4.08. The highest BCUT2D eigenvalue weighted by Crippen LogP contribution is 2.21. The van der Waals surface area contributed by atoms with Crippen LogP contribution < -0.4 is 16.0 Å². The number of nitrogens with one attached hydrogen (secondary N) is 5. The Balaban J connectivity index is 1.44. The van der Waals surface area contributed by atoms with E-state index in [1.807, 2.05) is 60.9 Å². The van der Waals surface area contributed by atoms with Crippen molar-refractivity contribution in [3.8, 4) is 0 Å². The van der Waals surface area contributed by atoms with Gasteiger partial charge in [-0.25, -0.2) is 0 Å². The van der Waals surface area contributed by atoms with Crippen LogP contribution in [0, 0.1) is 0 Å². The molecule has 174 valence electrons. The first kappa shape index (κ1) is 21.7. The summed E-state index contributed by atoms with van der Waals surface area (Å²) in [5, 5.41) is 19.7. The van der Waals surface area contributed by atoms with Crippen molar-refractivity contribution in [2.75, 3.05) is 6.61 Å². The fourth-order valence-corrected chi connectivity index (χ4v) is 4.47. The standard InChI is InChI=1S/C25H25N5O4/c31-13-22-25(34)29-20(9-14-11-26-18-7-3-1-5-16(14)18)23(32)28-21(24(33)30-22)10-15-12-27-19-8-4-2-6-17(15)19/h1-8,11-12,20-22,26-27,31H,9-10,13H2,(H,28,32)(H,29,34)(H,30,33)/t20?,21-,22?/m0/s1. The van der Waals surface area contributed by atoms with Crippen LogP contribution in [0.5, 0.6) is 0 Å². The molecule has 2 unspecified atom stereocenters. The molecule has 3 amide bonds. The quantitative estimate of drug-likeness (QED) is 0.264. The molecule has 0 saturated carbocycles. The SMILES string of the molecule is O=C1N[C@@H](Cc2c[nH]c3ccccc23)C(=O)NC(CO)C(=O)NC1Cc1c[nH]c2ccccc12. The molecule has 4 aromatic rings. The molecule has 5 rings (SSSR count). The van der Waals surface area contributed by atoms with E-state index in [1.165, 1.54) is 0 Å². The highest BCUT2D eigenvalue weighted by molar-refractivity contribution is 5.98. The van der Waals surface area contributed by atoms with E-state index in [0.29, 0.717) is 0 Å². The molecule has 1 saturated heterocycles. The molecule has 1 fully saturated rings. The monoisotopic (exact) mass is 459 g/mol. The van der Waals surface area contributed by atoms with Crippen LogP contribution in [0.15, 0.2) is 60.9 Å². The fourth-order valence-electron chi connectivity index (χ4n) is 4.47. The Morgan fingerprint density at radius 3 is 1.50 bits per heavy atom. The lowest BCUT2D eigenvalue weighted by atomic mass is 10.0. The third kappa shape index (κ3) is 4.13. The van der Waals surface area contributed by atoms with Gasteiger partial charge < -0.3 is 31.0 Å². The summed E-state index contributed by atoms with van der Waals surface area (Å²) >= 11 is 0. The van der Waals surface area contributed by atoms with Gasteiger partial charge in [0.1, 0.15) is 18.1 Å². The van der Waals surface area contributed by atoms with Gasteiger partial charge in [-0.05, 0) is 23.3 Å². The predicted octanol–water partition coefficient (Wildman–Crippen LogP) is 0.895. The molecule has 3 heterocycles. The Bertz CT molecular complexity index is 1300. The van der Waals surface area contributed by atoms with Gasteiger partial charge in [0.2, 0.25) is 17.7 Å². The first-order valence-electron chi connectivity index (χ1n) is 11.2. The van der Waals surface area contributed by atoms with Crippen molar-refractivity contribution in [2.24, 2.45) is 0 Å². The highest BCUT2D eigenvalue weighted by atomic mass is 16.3. The third-order valence-electron chi connectivity index (χ3n) is 6.28. The minimum atomic E-state index is -1.16. The van der Waals surface area contributed by atoms with Gasteiger partial charge in [-0.2, -0.15) is 0 Å². The summed E-state index contributed by atoms with van der Waals surface area (Å²) in [5.41, 5.74) is 3.58. The molecule has 2 aromatic heterocycles. The summed E-state index contributed by atoms with van der Waals surface area (Å²) in [6, 6.07) is 12.4. The first-order chi connectivity index (χ1) is 16.5. The molecule has 6 N–H and O–H groups in total. The number of aliphatic hydroxyl groups is 1. The smallest absolute Gasteiger partial charge is 0.245 e. The van der Waals surface area contributed by atoms with Crippen LogP contribution in [0.25, 0.3) is 21.8 Å². The zero-order valence-electron chi connectivity index (χ0n) is 18.3. The molecule has 9 nitrogen and oxygen atoms in total. The topological polar surface area (TPSA) is 139 Å². The number of rotatable bonds is 5. The molecule has 1 aliphatic rings. The molecule has 3 atom stereocenters. The number of carbonyl (C=O) groups excluding carboxylic acids is 3. The fraction of sp³-hybridized carbons (Fsp3) is 0.240. The number of H-pyrrole nitrogens is 2. The third-order valence-corrected chi connectivity index (χ3v) is 6.28. The number of aliphatic hydroxyl groups excluding tert-OH is 1. The molecular weight excluding hydrogens is 434 g/mol. The lowest BCUT2D eigenvalue weighted by molar-refractivity contribution is -0.130. The largest absolute Gasteiger partial charge is 0.394 e. The molecule has 2 aromatic carbocycles. The minimum Gasteiger partial charge on any atom is -0.394 e. The summed E-state index contributed by atoms with van der Waals surface area (Å²) in [7, 11) is 0. The average Bonchev–Trinajstić information content (AvgIpc) is 3.45. The van der Waals surface area contributed by atoms with Gasteiger partial charge in [-0.1, -0.05) is 36.4 Å². The summed E-state index contributed by atoms with van der Waals surface area (Å²) in [6.45, 7) is -0.578. The Morgan fingerprint density at radius 1 is 0.618 bits per heavy atom. The lowest BCUT2D eigenvalue weighted by Crippen LogP contribution is -2.52. The summed E-state index contributed by atoms with van der Waals surface area (Å²) in [4.78, 5) is 45.4. The van der Waals surface area contributed by atoms with Gasteiger partial charge in [0, 0.05) is 47.0 Å². The lowest BCUT2D eigenvalue weighted by Gasteiger charge is -2.20. The zero-order valence-corrected chi connectivity index (χ0v) is 18.3. The van der Waals surface area contributed by atoms with Crippen LogP contribution >= 0.6 is 0 Å². The van der Waals surface area contributed by atoms with Crippen molar-refractivity contribution in [3.63, 3.8) is 0 Å². The van der Waals surface area contributed by atoms with Crippen LogP contribution in [0.3, 0.4) is 0 Å². The van der Waals surface area contributed by atoms with Crippen LogP contribution in [0.2, 0.25) is 0 Å². The van der Waals surface area contributed by atoms with Crippen LogP contribution in [0.1, 0.15) is 11.1 Å². The number of aromatic amines is 2. The Labute approximate surface area is 194 Å². The molecule has 1 aliphatic heterocycles. The number of benzene rings is 2. The maximum absolute atomic E-state index is 13.3. The zero-order chi connectivity index (χ0) is 23.7. The minimum absolute atomic E-state index is 0.230. The summed E-state index contributed by atoms with van der Waals surface area (Å²) < 4.78 is 0. The van der Waals surface area contributed by atoms with Crippen molar-refractivity contribution in [3.05, 3.63) is 72.1 Å². The van der Waals surface area contributed by atoms with Crippen molar-refractivity contribution in [1.82, 2.24) is 25.9 Å². The van der Waals surface area contributed by atoms with E-state index in [1.54, 1.807) is 0 Å². The molecular formula is C25H25N5O4. The van der Waals surface area contributed by atoms with E-state index in [9.17, 15) is 19.5 Å². The molecule has 9 heteroatoms.